The van der Waals surface area contributed by atoms with Crippen LogP contribution in [0.3, 0.4) is 0 Å². The second kappa shape index (κ2) is 10.00. The Labute approximate surface area is 205 Å². The van der Waals surface area contributed by atoms with Gasteiger partial charge in [0, 0.05) is 37.3 Å². The van der Waals surface area contributed by atoms with Crippen LogP contribution in [-0.4, -0.2) is 53.3 Å². The first-order chi connectivity index (χ1) is 16.7. The highest BCUT2D eigenvalue weighted by Gasteiger charge is 2.37. The smallest absolute Gasteiger partial charge is 0.211 e. The molecule has 0 aromatic heterocycles. The molecule has 0 N–H and O–H groups in total. The number of allylic oxidation sites excluding steroid dienone is 2. The lowest BCUT2D eigenvalue weighted by molar-refractivity contribution is 0.0889. The molecule has 0 atom stereocenters. The molecule has 1 heterocycles. The van der Waals surface area contributed by atoms with Crippen LogP contribution >= 0.6 is 11.8 Å². The highest BCUT2D eigenvalue weighted by atomic mass is 32.2. The van der Waals surface area contributed by atoms with Gasteiger partial charge in [-0.3, -0.25) is 14.5 Å². The third-order valence-electron chi connectivity index (χ3n) is 6.57. The van der Waals surface area contributed by atoms with Crippen molar-refractivity contribution in [2.24, 2.45) is 0 Å². The molecule has 172 valence electrons. The molecule has 5 rings (SSSR count). The van der Waals surface area contributed by atoms with E-state index in [-0.39, 0.29) is 17.6 Å². The molecule has 1 fully saturated rings. The Hall–Kier alpha value is -3.15. The quantitative estimate of drug-likeness (QED) is 0.482. The minimum atomic E-state index is -0.0257. The van der Waals surface area contributed by atoms with Crippen molar-refractivity contribution in [3.05, 3.63) is 118 Å². The number of piperazine rings is 1. The van der Waals surface area contributed by atoms with Crippen LogP contribution < -0.4 is 0 Å². The zero-order valence-electron chi connectivity index (χ0n) is 19.3. The summed E-state index contributed by atoms with van der Waals surface area (Å²) in [4.78, 5) is 32.0. The Kier molecular flexibility index (Phi) is 6.66. The minimum absolute atomic E-state index is 0.0223. The second-order valence-corrected chi connectivity index (χ2v) is 9.84. The predicted octanol–water partition coefficient (Wildman–Crippen LogP) is 5.44. The molecule has 1 aliphatic carbocycles. The van der Waals surface area contributed by atoms with Gasteiger partial charge in [0.25, 0.3) is 0 Å². The standard InChI is InChI=1S/C29H28N2O2S/c1-2-34-29-26(27(32)23-15-9-10-16-24(23)28(29)33)31-19-17-30(18-20-31)25(21-11-5-3-6-12-21)22-13-7-4-8-14-22/h3-16,25H,2,17-20H2,1H3. The number of fused-ring (bicyclic) bond motifs is 1. The van der Waals surface area contributed by atoms with E-state index >= 15 is 0 Å². The number of Topliss-reactive ketones (excluding diaryl/α,β-unsaturated/α-hetero) is 2. The molecule has 1 aliphatic heterocycles. The molecule has 0 amide bonds. The van der Waals surface area contributed by atoms with Crippen molar-refractivity contribution < 1.29 is 9.59 Å². The summed E-state index contributed by atoms with van der Waals surface area (Å²) in [5, 5.41) is 0. The summed E-state index contributed by atoms with van der Waals surface area (Å²) in [5.74, 6) is 0.706. The van der Waals surface area contributed by atoms with Crippen LogP contribution in [0, 0.1) is 0 Å². The number of hydrogen-bond acceptors (Lipinski definition) is 5. The molecule has 3 aromatic rings. The third-order valence-corrected chi connectivity index (χ3v) is 7.52. The molecule has 1 saturated heterocycles. The van der Waals surface area contributed by atoms with Gasteiger partial charge in [0.05, 0.1) is 10.9 Å². The average molecular weight is 469 g/mol. The van der Waals surface area contributed by atoms with Gasteiger partial charge >= 0.3 is 0 Å². The van der Waals surface area contributed by atoms with Crippen LogP contribution in [0.5, 0.6) is 0 Å². The largest absolute Gasteiger partial charge is 0.365 e. The monoisotopic (exact) mass is 468 g/mol. The minimum Gasteiger partial charge on any atom is -0.365 e. The fraction of sp³-hybridized carbons (Fsp3) is 0.241. The molecule has 0 unspecified atom stereocenters. The van der Waals surface area contributed by atoms with E-state index in [0.29, 0.717) is 34.8 Å². The summed E-state index contributed by atoms with van der Waals surface area (Å²) in [6, 6.07) is 28.6. The topological polar surface area (TPSA) is 40.6 Å². The second-order valence-electron chi connectivity index (χ2n) is 8.56. The third kappa shape index (κ3) is 4.22. The number of ketones is 2. The first-order valence-electron chi connectivity index (χ1n) is 11.8. The number of thioether (sulfide) groups is 1. The van der Waals surface area contributed by atoms with Gasteiger partial charge in [-0.1, -0.05) is 91.9 Å². The number of hydrogen-bond donors (Lipinski definition) is 0. The molecular formula is C29H28N2O2S. The summed E-state index contributed by atoms with van der Waals surface area (Å²) in [5.41, 5.74) is 4.17. The van der Waals surface area contributed by atoms with Gasteiger partial charge in [-0.15, -0.1) is 11.8 Å². The highest BCUT2D eigenvalue weighted by molar-refractivity contribution is 8.04. The highest BCUT2D eigenvalue weighted by Crippen LogP contribution is 2.36. The van der Waals surface area contributed by atoms with Crippen LogP contribution in [0.2, 0.25) is 0 Å². The van der Waals surface area contributed by atoms with E-state index in [4.69, 9.17) is 0 Å². The van der Waals surface area contributed by atoms with Crippen LogP contribution in [0.1, 0.15) is 44.8 Å². The van der Waals surface area contributed by atoms with Crippen LogP contribution in [0.25, 0.3) is 0 Å². The molecule has 34 heavy (non-hydrogen) atoms. The van der Waals surface area contributed by atoms with Crippen molar-refractivity contribution in [1.29, 1.82) is 0 Å². The first-order valence-corrected chi connectivity index (χ1v) is 12.8. The van der Waals surface area contributed by atoms with Crippen molar-refractivity contribution in [3.8, 4) is 0 Å². The van der Waals surface area contributed by atoms with Gasteiger partial charge in [0.1, 0.15) is 5.70 Å². The first kappa shape index (κ1) is 22.6. The van der Waals surface area contributed by atoms with E-state index < -0.39 is 0 Å². The van der Waals surface area contributed by atoms with Crippen LogP contribution in [-0.2, 0) is 0 Å². The molecular weight excluding hydrogens is 440 g/mol. The molecule has 4 nitrogen and oxygen atoms in total. The van der Waals surface area contributed by atoms with Gasteiger partial charge in [-0.05, 0) is 16.9 Å². The predicted molar refractivity (Wildman–Crippen MR) is 138 cm³/mol. The Morgan fingerprint density at radius 1 is 0.706 bits per heavy atom. The molecule has 5 heteroatoms. The van der Waals surface area contributed by atoms with E-state index in [1.807, 2.05) is 31.2 Å². The number of carbonyl (C=O) groups excluding carboxylic acids is 2. The number of nitrogens with zero attached hydrogens (tertiary/aromatic N) is 2. The zero-order valence-corrected chi connectivity index (χ0v) is 20.1. The summed E-state index contributed by atoms with van der Waals surface area (Å²) < 4.78 is 0. The van der Waals surface area contributed by atoms with Crippen molar-refractivity contribution in [1.82, 2.24) is 9.80 Å². The number of rotatable bonds is 6. The van der Waals surface area contributed by atoms with E-state index in [1.165, 1.54) is 22.9 Å². The summed E-state index contributed by atoms with van der Waals surface area (Å²) in [6.45, 7) is 5.06. The molecule has 0 radical (unpaired) electrons. The lowest BCUT2D eigenvalue weighted by atomic mass is 9.91. The van der Waals surface area contributed by atoms with Crippen molar-refractivity contribution in [2.75, 3.05) is 31.9 Å². The summed E-state index contributed by atoms with van der Waals surface area (Å²) in [7, 11) is 0. The summed E-state index contributed by atoms with van der Waals surface area (Å²) in [6.07, 6.45) is 0. The van der Waals surface area contributed by atoms with Crippen LogP contribution in [0.4, 0.5) is 0 Å². The molecule has 0 saturated carbocycles. The summed E-state index contributed by atoms with van der Waals surface area (Å²) >= 11 is 1.48. The fourth-order valence-corrected chi connectivity index (χ4v) is 5.88. The van der Waals surface area contributed by atoms with E-state index in [2.05, 4.69) is 58.3 Å². The lowest BCUT2D eigenvalue weighted by Crippen LogP contribution is -2.49. The van der Waals surface area contributed by atoms with Gasteiger partial charge in [0.2, 0.25) is 11.6 Å². The normalized spacial score (nSPS) is 16.8. The maximum atomic E-state index is 13.5. The average Bonchev–Trinajstić information content (AvgIpc) is 2.89. The van der Waals surface area contributed by atoms with Crippen LogP contribution in [0.15, 0.2) is 95.5 Å². The Bertz CT molecular complexity index is 1180. The number of benzene rings is 3. The van der Waals surface area contributed by atoms with E-state index in [0.717, 1.165) is 18.8 Å². The maximum absolute atomic E-state index is 13.5. The SMILES string of the molecule is CCSC1=C(N2CCN(C(c3ccccc3)c3ccccc3)CC2)C(=O)c2ccccc2C1=O. The molecule has 0 spiro atoms. The number of carbonyl (C=O) groups is 2. The van der Waals surface area contributed by atoms with E-state index in [1.54, 1.807) is 12.1 Å². The molecule has 2 aliphatic rings. The zero-order chi connectivity index (χ0) is 23.5. The van der Waals surface area contributed by atoms with Crippen molar-refractivity contribution in [2.45, 2.75) is 13.0 Å². The molecule has 0 bridgehead atoms. The van der Waals surface area contributed by atoms with Gasteiger partial charge in [-0.25, -0.2) is 0 Å². The Morgan fingerprint density at radius 3 is 1.74 bits per heavy atom. The lowest BCUT2D eigenvalue weighted by Gasteiger charge is -2.42. The Morgan fingerprint density at radius 2 is 1.21 bits per heavy atom. The van der Waals surface area contributed by atoms with Crippen molar-refractivity contribution in [3.63, 3.8) is 0 Å². The Balaban J connectivity index is 1.43. The van der Waals surface area contributed by atoms with Gasteiger partial charge in [-0.2, -0.15) is 0 Å². The molecule has 3 aromatic carbocycles. The van der Waals surface area contributed by atoms with Gasteiger partial charge in [0.15, 0.2) is 0 Å². The van der Waals surface area contributed by atoms with E-state index in [9.17, 15) is 9.59 Å². The van der Waals surface area contributed by atoms with Crippen molar-refractivity contribution >= 4 is 23.3 Å². The van der Waals surface area contributed by atoms with Gasteiger partial charge < -0.3 is 4.90 Å². The maximum Gasteiger partial charge on any atom is 0.211 e. The fourth-order valence-electron chi connectivity index (χ4n) is 4.99.